The van der Waals surface area contributed by atoms with Crippen LogP contribution in [0.4, 0.5) is 11.4 Å². The molecule has 0 fully saturated rings. The highest BCUT2D eigenvalue weighted by Crippen LogP contribution is 2.41. The van der Waals surface area contributed by atoms with Gasteiger partial charge in [0.1, 0.15) is 11.5 Å². The zero-order chi connectivity index (χ0) is 24.5. The predicted molar refractivity (Wildman–Crippen MR) is 139 cm³/mol. The van der Waals surface area contributed by atoms with Crippen molar-refractivity contribution < 1.29 is 9.47 Å². The molecule has 3 heterocycles. The van der Waals surface area contributed by atoms with Crippen LogP contribution in [0.25, 0.3) is 22.3 Å². The molecule has 8 heteroatoms. The molecular weight excluding hydrogens is 440 g/mol. The van der Waals surface area contributed by atoms with Crippen LogP contribution >= 0.6 is 0 Å². The number of rotatable bonds is 5. The van der Waals surface area contributed by atoms with Gasteiger partial charge in [-0.05, 0) is 51.6 Å². The summed E-state index contributed by atoms with van der Waals surface area (Å²) in [5.74, 6) is 1.64. The average Bonchev–Trinajstić information content (AvgIpc) is 3.29. The second kappa shape index (κ2) is 9.54. The second-order valence-corrected chi connectivity index (χ2v) is 9.27. The first-order chi connectivity index (χ1) is 17.0. The third-order valence-electron chi connectivity index (χ3n) is 6.83. The van der Waals surface area contributed by atoms with Gasteiger partial charge in [0.25, 0.3) is 0 Å². The minimum atomic E-state index is 0.447. The summed E-state index contributed by atoms with van der Waals surface area (Å²) in [7, 11) is 9.64. The quantitative estimate of drug-likeness (QED) is 0.425. The number of hydrogen-bond acceptors (Lipinski definition) is 7. The van der Waals surface area contributed by atoms with Gasteiger partial charge in [-0.3, -0.25) is 9.67 Å². The number of likely N-dealkylation sites (N-methyl/N-ethyl adjacent to an activating group) is 1. The molecule has 8 nitrogen and oxygen atoms in total. The summed E-state index contributed by atoms with van der Waals surface area (Å²) in [6, 6.07) is 10.9. The van der Waals surface area contributed by atoms with Crippen molar-refractivity contribution in [2.45, 2.75) is 25.3 Å². The standard InChI is InChI=1S/C27H32N6O2/c1-31(2)19-7-6-10-33(26-13-21(34-4)14-27(35-5)22(26)11-19)20-8-9-23-24(12-20)30-25(16-28-23)18-15-29-32(3)17-18/h8-9,12-17,19H,6-7,10-11H2,1-5H3. The van der Waals surface area contributed by atoms with Gasteiger partial charge in [0.2, 0.25) is 0 Å². The number of ether oxygens (including phenoxy) is 2. The number of hydrogen-bond donors (Lipinski definition) is 0. The molecule has 2 aromatic heterocycles. The number of fused-ring (bicyclic) bond motifs is 2. The van der Waals surface area contributed by atoms with Crippen LogP contribution in [0.1, 0.15) is 18.4 Å². The van der Waals surface area contributed by atoms with Crippen LogP contribution < -0.4 is 14.4 Å². The van der Waals surface area contributed by atoms with E-state index in [1.54, 1.807) is 18.9 Å². The summed E-state index contributed by atoms with van der Waals surface area (Å²) in [5, 5.41) is 4.27. The van der Waals surface area contributed by atoms with Crippen LogP contribution in [0, 0.1) is 0 Å². The molecule has 182 valence electrons. The third kappa shape index (κ3) is 4.53. The monoisotopic (exact) mass is 472 g/mol. The fourth-order valence-corrected chi connectivity index (χ4v) is 4.86. The molecule has 0 radical (unpaired) electrons. The zero-order valence-electron chi connectivity index (χ0n) is 21.0. The Bertz CT molecular complexity index is 1350. The van der Waals surface area contributed by atoms with Crippen molar-refractivity contribution in [1.82, 2.24) is 24.6 Å². The molecule has 0 bridgehead atoms. The molecule has 0 spiro atoms. The van der Waals surface area contributed by atoms with Crippen molar-refractivity contribution in [3.63, 3.8) is 0 Å². The molecule has 35 heavy (non-hydrogen) atoms. The van der Waals surface area contributed by atoms with E-state index < -0.39 is 0 Å². The Morgan fingerprint density at radius 3 is 2.60 bits per heavy atom. The molecule has 1 unspecified atom stereocenters. The summed E-state index contributed by atoms with van der Waals surface area (Å²) in [4.78, 5) is 14.2. The van der Waals surface area contributed by atoms with Gasteiger partial charge in [0.05, 0.1) is 49.0 Å². The highest BCUT2D eigenvalue weighted by atomic mass is 16.5. The number of benzene rings is 2. The lowest BCUT2D eigenvalue weighted by Crippen LogP contribution is -2.34. The number of anilines is 2. The van der Waals surface area contributed by atoms with E-state index >= 15 is 0 Å². The van der Waals surface area contributed by atoms with E-state index in [0.29, 0.717) is 6.04 Å². The molecule has 1 atom stereocenters. The van der Waals surface area contributed by atoms with E-state index in [1.165, 1.54) is 5.56 Å². The number of aromatic nitrogens is 4. The van der Waals surface area contributed by atoms with Gasteiger partial charge < -0.3 is 19.3 Å². The van der Waals surface area contributed by atoms with Crippen molar-refractivity contribution >= 4 is 22.4 Å². The first-order valence-corrected chi connectivity index (χ1v) is 11.9. The maximum Gasteiger partial charge on any atom is 0.127 e. The number of methoxy groups -OCH3 is 2. The van der Waals surface area contributed by atoms with Crippen LogP contribution in [-0.2, 0) is 13.5 Å². The van der Waals surface area contributed by atoms with Crippen LogP contribution in [-0.4, -0.2) is 65.5 Å². The van der Waals surface area contributed by atoms with Crippen molar-refractivity contribution in [3.05, 3.63) is 54.5 Å². The van der Waals surface area contributed by atoms with Crippen molar-refractivity contribution in [1.29, 1.82) is 0 Å². The zero-order valence-corrected chi connectivity index (χ0v) is 21.0. The first kappa shape index (κ1) is 23.1. The van der Waals surface area contributed by atoms with E-state index in [4.69, 9.17) is 14.5 Å². The summed E-state index contributed by atoms with van der Waals surface area (Å²) in [5.41, 5.74) is 6.87. The summed E-state index contributed by atoms with van der Waals surface area (Å²) in [6.45, 7) is 0.884. The Kier molecular flexibility index (Phi) is 6.30. The van der Waals surface area contributed by atoms with Gasteiger partial charge in [-0.2, -0.15) is 5.10 Å². The number of aryl methyl sites for hydroxylation is 1. The smallest absolute Gasteiger partial charge is 0.127 e. The van der Waals surface area contributed by atoms with Crippen molar-refractivity contribution in [2.24, 2.45) is 7.05 Å². The van der Waals surface area contributed by atoms with Crippen molar-refractivity contribution in [3.8, 4) is 22.8 Å². The topological polar surface area (TPSA) is 68.5 Å². The maximum atomic E-state index is 5.85. The van der Waals surface area contributed by atoms with E-state index in [0.717, 1.165) is 71.0 Å². The Balaban J connectivity index is 1.62. The van der Waals surface area contributed by atoms with E-state index in [9.17, 15) is 0 Å². The summed E-state index contributed by atoms with van der Waals surface area (Å²) < 4.78 is 13.3. The molecule has 0 aliphatic carbocycles. The Hall–Kier alpha value is -3.65. The number of nitrogens with zero attached hydrogens (tertiary/aromatic N) is 6. The fourth-order valence-electron chi connectivity index (χ4n) is 4.86. The summed E-state index contributed by atoms with van der Waals surface area (Å²) in [6.07, 6.45) is 8.66. The predicted octanol–water partition coefficient (Wildman–Crippen LogP) is 4.45. The van der Waals surface area contributed by atoms with Crippen LogP contribution in [0.2, 0.25) is 0 Å². The molecule has 0 saturated carbocycles. The normalized spacial score (nSPS) is 16.2. The first-order valence-electron chi connectivity index (χ1n) is 11.9. The fraction of sp³-hybridized carbons (Fsp3) is 0.370. The molecule has 5 rings (SSSR count). The lowest BCUT2D eigenvalue weighted by molar-refractivity contribution is 0.268. The molecule has 4 aromatic rings. The minimum absolute atomic E-state index is 0.447. The van der Waals surface area contributed by atoms with Gasteiger partial charge in [-0.25, -0.2) is 4.98 Å². The molecule has 1 aliphatic rings. The Morgan fingerprint density at radius 1 is 1.03 bits per heavy atom. The van der Waals surface area contributed by atoms with Crippen LogP contribution in [0.5, 0.6) is 11.5 Å². The SMILES string of the molecule is COc1cc(OC)c2c(c1)N(c1ccc3ncc(-c4cnn(C)c4)nc3c1)CCCC(N(C)C)C2. The van der Waals surface area contributed by atoms with Gasteiger partial charge in [-0.15, -0.1) is 0 Å². The molecule has 2 aromatic carbocycles. The maximum absolute atomic E-state index is 5.85. The molecule has 0 saturated heterocycles. The molecule has 1 aliphatic heterocycles. The third-order valence-corrected chi connectivity index (χ3v) is 6.83. The highest BCUT2D eigenvalue weighted by molar-refractivity contribution is 5.83. The highest BCUT2D eigenvalue weighted by Gasteiger charge is 2.26. The van der Waals surface area contributed by atoms with Gasteiger partial charge >= 0.3 is 0 Å². The van der Waals surface area contributed by atoms with Gasteiger partial charge in [0.15, 0.2) is 0 Å². The minimum Gasteiger partial charge on any atom is -0.497 e. The van der Waals surface area contributed by atoms with E-state index in [-0.39, 0.29) is 0 Å². The van der Waals surface area contributed by atoms with E-state index in [1.807, 2.05) is 37.8 Å². The van der Waals surface area contributed by atoms with Crippen LogP contribution in [0.3, 0.4) is 0 Å². The summed E-state index contributed by atoms with van der Waals surface area (Å²) >= 11 is 0. The lowest BCUT2D eigenvalue weighted by Gasteiger charge is -2.35. The lowest BCUT2D eigenvalue weighted by atomic mass is 9.95. The molecular formula is C27H32N6O2. The second-order valence-electron chi connectivity index (χ2n) is 9.27. The molecule has 0 amide bonds. The average molecular weight is 473 g/mol. The van der Waals surface area contributed by atoms with Crippen LogP contribution in [0.15, 0.2) is 48.9 Å². The van der Waals surface area contributed by atoms with Crippen molar-refractivity contribution in [2.75, 3.05) is 39.8 Å². The largest absolute Gasteiger partial charge is 0.497 e. The van der Waals surface area contributed by atoms with Gasteiger partial charge in [-0.1, -0.05) is 0 Å². The molecule has 0 N–H and O–H groups in total. The Labute approximate surface area is 206 Å². The van der Waals surface area contributed by atoms with E-state index in [2.05, 4.69) is 52.2 Å². The van der Waals surface area contributed by atoms with Gasteiger partial charge in [0, 0.05) is 54.8 Å². The Morgan fingerprint density at radius 2 is 1.89 bits per heavy atom.